The van der Waals surface area contributed by atoms with Crippen molar-refractivity contribution in [2.24, 2.45) is 0 Å². The molecule has 1 aromatic carbocycles. The number of halogens is 1. The Bertz CT molecular complexity index is 598. The molecule has 1 atom stereocenters. The highest BCUT2D eigenvalue weighted by Gasteiger charge is 2.30. The Labute approximate surface area is 126 Å². The van der Waals surface area contributed by atoms with Gasteiger partial charge in [0.2, 0.25) is 0 Å². The molecule has 1 fully saturated rings. The van der Waals surface area contributed by atoms with E-state index in [9.17, 15) is 4.79 Å². The zero-order valence-corrected chi connectivity index (χ0v) is 12.6. The molecule has 1 aliphatic rings. The lowest BCUT2D eigenvalue weighted by atomic mass is 10.1. The molecule has 1 unspecified atom stereocenters. The third kappa shape index (κ3) is 2.61. The maximum absolute atomic E-state index is 12.6. The van der Waals surface area contributed by atoms with E-state index in [1.807, 2.05) is 41.3 Å². The monoisotopic (exact) mass is 330 g/mol. The lowest BCUT2D eigenvalue weighted by Gasteiger charge is -2.25. The number of benzene rings is 1. The largest absolute Gasteiger partial charge is 0.332 e. The van der Waals surface area contributed by atoms with E-state index in [2.05, 4.69) is 20.9 Å². The fraction of sp³-hybridized carbons (Fsp3) is 0.250. The molecule has 1 aliphatic heterocycles. The summed E-state index contributed by atoms with van der Waals surface area (Å²) < 4.78 is 0.987. The second-order valence-electron chi connectivity index (χ2n) is 4.94. The molecule has 2 heterocycles. The Morgan fingerprint density at radius 3 is 2.55 bits per heavy atom. The summed E-state index contributed by atoms with van der Waals surface area (Å²) in [5.74, 6) is 0.108. The molecule has 1 saturated heterocycles. The van der Waals surface area contributed by atoms with Crippen molar-refractivity contribution in [2.75, 3.05) is 6.54 Å². The van der Waals surface area contributed by atoms with Gasteiger partial charge in [-0.15, -0.1) is 0 Å². The molecular weight excluding hydrogens is 316 g/mol. The number of hydrogen-bond donors (Lipinski definition) is 0. The minimum atomic E-state index is 0.108. The number of aromatic nitrogens is 1. The summed E-state index contributed by atoms with van der Waals surface area (Å²) in [5.41, 5.74) is 1.91. The smallest absolute Gasteiger partial charge is 0.254 e. The quantitative estimate of drug-likeness (QED) is 0.838. The van der Waals surface area contributed by atoms with Crippen LogP contribution in [-0.4, -0.2) is 22.3 Å². The Morgan fingerprint density at radius 1 is 1.15 bits per heavy atom. The van der Waals surface area contributed by atoms with Gasteiger partial charge in [0.15, 0.2) is 0 Å². The third-order valence-electron chi connectivity index (χ3n) is 3.70. The lowest BCUT2D eigenvalue weighted by molar-refractivity contribution is 0.0735. The normalized spacial score (nSPS) is 18.2. The molecule has 3 nitrogen and oxygen atoms in total. The summed E-state index contributed by atoms with van der Waals surface area (Å²) in [5, 5.41) is 0. The van der Waals surface area contributed by atoms with E-state index in [4.69, 9.17) is 0 Å². The zero-order chi connectivity index (χ0) is 13.9. The first-order chi connectivity index (χ1) is 9.75. The van der Waals surface area contributed by atoms with E-state index in [1.54, 1.807) is 12.4 Å². The van der Waals surface area contributed by atoms with Crippen LogP contribution >= 0.6 is 15.9 Å². The molecule has 1 aromatic heterocycles. The number of hydrogen-bond acceptors (Lipinski definition) is 2. The highest BCUT2D eigenvalue weighted by atomic mass is 79.9. The first-order valence-electron chi connectivity index (χ1n) is 6.72. The molecule has 20 heavy (non-hydrogen) atoms. The molecule has 3 rings (SSSR count). The SMILES string of the molecule is O=C(c1ccc(Br)cc1)N1CCCC1c1ccncc1. The summed E-state index contributed by atoms with van der Waals surface area (Å²) in [4.78, 5) is 18.7. The molecule has 4 heteroatoms. The molecule has 1 amide bonds. The van der Waals surface area contributed by atoms with Crippen LogP contribution in [0.4, 0.5) is 0 Å². The Kier molecular flexibility index (Phi) is 3.83. The van der Waals surface area contributed by atoms with Gasteiger partial charge in [0.1, 0.15) is 0 Å². The molecule has 102 valence electrons. The summed E-state index contributed by atoms with van der Waals surface area (Å²) in [6.07, 6.45) is 5.65. The van der Waals surface area contributed by atoms with Crippen LogP contribution in [0.15, 0.2) is 53.3 Å². The minimum Gasteiger partial charge on any atom is -0.332 e. The fourth-order valence-electron chi connectivity index (χ4n) is 2.70. The van der Waals surface area contributed by atoms with Crippen molar-refractivity contribution in [2.45, 2.75) is 18.9 Å². The van der Waals surface area contributed by atoms with Gasteiger partial charge in [0.05, 0.1) is 6.04 Å². The number of rotatable bonds is 2. The molecule has 2 aromatic rings. The van der Waals surface area contributed by atoms with Crippen molar-refractivity contribution in [3.8, 4) is 0 Å². The van der Waals surface area contributed by atoms with Crippen molar-refractivity contribution in [3.05, 3.63) is 64.4 Å². The first kappa shape index (κ1) is 13.3. The van der Waals surface area contributed by atoms with Crippen LogP contribution in [0.3, 0.4) is 0 Å². The molecule has 0 N–H and O–H groups in total. The second-order valence-corrected chi connectivity index (χ2v) is 5.86. The van der Waals surface area contributed by atoms with Crippen molar-refractivity contribution in [1.82, 2.24) is 9.88 Å². The van der Waals surface area contributed by atoms with Crippen molar-refractivity contribution in [3.63, 3.8) is 0 Å². The molecule has 0 radical (unpaired) electrons. The molecule has 0 saturated carbocycles. The van der Waals surface area contributed by atoms with Crippen LogP contribution in [0, 0.1) is 0 Å². The summed E-state index contributed by atoms with van der Waals surface area (Å²) in [6.45, 7) is 0.821. The van der Waals surface area contributed by atoms with Crippen molar-refractivity contribution >= 4 is 21.8 Å². The fourth-order valence-corrected chi connectivity index (χ4v) is 2.96. The van der Waals surface area contributed by atoms with Gasteiger partial charge >= 0.3 is 0 Å². The van der Waals surface area contributed by atoms with E-state index in [1.165, 1.54) is 5.56 Å². The van der Waals surface area contributed by atoms with Gasteiger partial charge < -0.3 is 4.90 Å². The summed E-state index contributed by atoms with van der Waals surface area (Å²) in [7, 11) is 0. The van der Waals surface area contributed by atoms with E-state index in [0.717, 1.165) is 29.4 Å². The van der Waals surface area contributed by atoms with Crippen LogP contribution in [0.1, 0.15) is 34.8 Å². The highest BCUT2D eigenvalue weighted by molar-refractivity contribution is 9.10. The van der Waals surface area contributed by atoms with Crippen molar-refractivity contribution in [1.29, 1.82) is 0 Å². The number of amides is 1. The molecule has 0 spiro atoms. The van der Waals surface area contributed by atoms with Gasteiger partial charge in [-0.05, 0) is 54.8 Å². The van der Waals surface area contributed by atoms with E-state index < -0.39 is 0 Å². The number of carbonyl (C=O) groups is 1. The summed E-state index contributed by atoms with van der Waals surface area (Å²) in [6, 6.07) is 11.7. The van der Waals surface area contributed by atoms with Crippen LogP contribution in [0.5, 0.6) is 0 Å². The van der Waals surface area contributed by atoms with Gasteiger partial charge in [-0.25, -0.2) is 0 Å². The van der Waals surface area contributed by atoms with E-state index >= 15 is 0 Å². The number of nitrogens with zero attached hydrogens (tertiary/aromatic N) is 2. The molecular formula is C16H15BrN2O. The van der Waals surface area contributed by atoms with Gasteiger partial charge in [-0.3, -0.25) is 9.78 Å². The maximum Gasteiger partial charge on any atom is 0.254 e. The third-order valence-corrected chi connectivity index (χ3v) is 4.22. The standard InChI is InChI=1S/C16H15BrN2O/c17-14-5-3-13(4-6-14)16(20)19-11-1-2-15(19)12-7-9-18-10-8-12/h3-10,15H,1-2,11H2. The van der Waals surface area contributed by atoms with Gasteiger partial charge in [-0.2, -0.15) is 0 Å². The Hall–Kier alpha value is -1.68. The van der Waals surface area contributed by atoms with Crippen molar-refractivity contribution < 1.29 is 4.79 Å². The van der Waals surface area contributed by atoms with Crippen LogP contribution in [0.2, 0.25) is 0 Å². The maximum atomic E-state index is 12.6. The minimum absolute atomic E-state index is 0.108. The molecule has 0 bridgehead atoms. The van der Waals surface area contributed by atoms with Gasteiger partial charge in [0, 0.05) is 29.0 Å². The summed E-state index contributed by atoms with van der Waals surface area (Å²) >= 11 is 3.39. The number of pyridine rings is 1. The predicted molar refractivity (Wildman–Crippen MR) is 81.4 cm³/mol. The Morgan fingerprint density at radius 2 is 1.85 bits per heavy atom. The van der Waals surface area contributed by atoms with Crippen LogP contribution in [0.25, 0.3) is 0 Å². The number of carbonyl (C=O) groups excluding carboxylic acids is 1. The average molecular weight is 331 g/mol. The molecule has 0 aliphatic carbocycles. The highest BCUT2D eigenvalue weighted by Crippen LogP contribution is 2.32. The van der Waals surface area contributed by atoms with Crippen LogP contribution in [-0.2, 0) is 0 Å². The second kappa shape index (κ2) is 5.75. The lowest BCUT2D eigenvalue weighted by Crippen LogP contribution is -2.30. The average Bonchev–Trinajstić information content (AvgIpc) is 2.97. The van der Waals surface area contributed by atoms with E-state index in [0.29, 0.717) is 0 Å². The predicted octanol–water partition coefficient (Wildman–Crippen LogP) is 3.82. The number of likely N-dealkylation sites (tertiary alicyclic amines) is 1. The van der Waals surface area contributed by atoms with E-state index in [-0.39, 0.29) is 11.9 Å². The first-order valence-corrected chi connectivity index (χ1v) is 7.51. The van der Waals surface area contributed by atoms with Gasteiger partial charge in [-0.1, -0.05) is 15.9 Å². The Balaban J connectivity index is 1.85. The van der Waals surface area contributed by atoms with Crippen LogP contribution < -0.4 is 0 Å². The van der Waals surface area contributed by atoms with Gasteiger partial charge in [0.25, 0.3) is 5.91 Å². The topological polar surface area (TPSA) is 33.2 Å². The zero-order valence-electron chi connectivity index (χ0n) is 11.0.